The van der Waals surface area contributed by atoms with E-state index < -0.39 is 29.0 Å². The van der Waals surface area contributed by atoms with E-state index in [-0.39, 0.29) is 19.6 Å². The molecule has 0 saturated carbocycles. The molecule has 8 heteroatoms. The number of pyridine rings is 1. The van der Waals surface area contributed by atoms with E-state index in [1.807, 2.05) is 30.3 Å². The molecular formula is C25H32N2O6. The van der Waals surface area contributed by atoms with E-state index in [1.165, 1.54) is 19.3 Å². The average Bonchev–Trinajstić information content (AvgIpc) is 2.76. The Bertz CT molecular complexity index is 1030. The number of methoxy groups -OCH3 is 1. The molecule has 0 radical (unpaired) electrons. The fraction of sp³-hybridized carbons (Fsp3) is 0.440. The van der Waals surface area contributed by atoms with Crippen molar-refractivity contribution in [1.82, 2.24) is 10.3 Å². The molecule has 2 rings (SSSR count). The van der Waals surface area contributed by atoms with Gasteiger partial charge in [-0.1, -0.05) is 25.1 Å². The molecule has 8 nitrogen and oxygen atoms in total. The zero-order valence-corrected chi connectivity index (χ0v) is 20.1. The van der Waals surface area contributed by atoms with Gasteiger partial charge < -0.3 is 19.5 Å². The Kier molecular flexibility index (Phi) is 8.70. The molecular weight excluding hydrogens is 424 g/mol. The van der Waals surface area contributed by atoms with Crippen LogP contribution in [-0.4, -0.2) is 47.7 Å². The van der Waals surface area contributed by atoms with Crippen LogP contribution in [0, 0.1) is 0 Å². The van der Waals surface area contributed by atoms with Crippen molar-refractivity contribution in [2.24, 2.45) is 0 Å². The number of hydrogen-bond acceptors (Lipinski definition) is 7. The average molecular weight is 457 g/mol. The number of benzene rings is 1. The Morgan fingerprint density at radius 3 is 2.42 bits per heavy atom. The lowest BCUT2D eigenvalue weighted by Crippen LogP contribution is -2.48. The zero-order chi connectivity index (χ0) is 24.6. The summed E-state index contributed by atoms with van der Waals surface area (Å²) in [6.45, 7) is 8.96. The van der Waals surface area contributed by atoms with Gasteiger partial charge >= 0.3 is 12.1 Å². The number of amides is 1. The normalized spacial score (nSPS) is 13.5. The highest BCUT2D eigenvalue weighted by molar-refractivity contribution is 6.13. The van der Waals surface area contributed by atoms with Crippen LogP contribution in [-0.2, 0) is 30.3 Å². The number of ketones is 1. The van der Waals surface area contributed by atoms with Gasteiger partial charge in [0.1, 0.15) is 5.60 Å². The highest BCUT2D eigenvalue weighted by Gasteiger charge is 2.44. The number of esters is 1. The van der Waals surface area contributed by atoms with E-state index in [9.17, 15) is 14.4 Å². The summed E-state index contributed by atoms with van der Waals surface area (Å²) >= 11 is 0. The van der Waals surface area contributed by atoms with Crippen LogP contribution >= 0.6 is 0 Å². The van der Waals surface area contributed by atoms with Crippen LogP contribution in [0.15, 0.2) is 36.4 Å². The van der Waals surface area contributed by atoms with Gasteiger partial charge in [0.2, 0.25) is 5.60 Å². The van der Waals surface area contributed by atoms with Crippen LogP contribution < -0.4 is 5.32 Å². The van der Waals surface area contributed by atoms with Crippen molar-refractivity contribution in [3.63, 3.8) is 0 Å². The van der Waals surface area contributed by atoms with Crippen molar-refractivity contribution in [1.29, 1.82) is 0 Å². The molecule has 2 aromatic rings. The number of carbonyl (C=O) groups excluding carboxylic acids is 3. The minimum Gasteiger partial charge on any atom is -0.463 e. The predicted molar refractivity (Wildman–Crippen MR) is 126 cm³/mol. The summed E-state index contributed by atoms with van der Waals surface area (Å²) in [6.07, 6.45) is 2.33. The second kappa shape index (κ2) is 11.0. The number of fused-ring (bicyclic) bond motifs is 1. The molecule has 1 aromatic carbocycles. The number of nitrogens with zero attached hydrogens (tertiary/aromatic N) is 1. The third kappa shape index (κ3) is 6.61. The van der Waals surface area contributed by atoms with Crippen molar-refractivity contribution in [2.75, 3.05) is 13.7 Å². The summed E-state index contributed by atoms with van der Waals surface area (Å²) < 4.78 is 15.7. The number of ether oxygens (including phenoxy) is 3. The van der Waals surface area contributed by atoms with E-state index >= 15 is 0 Å². The molecule has 0 fully saturated rings. The van der Waals surface area contributed by atoms with Gasteiger partial charge in [0.15, 0.2) is 5.78 Å². The van der Waals surface area contributed by atoms with Crippen molar-refractivity contribution >= 4 is 34.8 Å². The lowest BCUT2D eigenvalue weighted by Gasteiger charge is -2.25. The van der Waals surface area contributed by atoms with E-state index in [0.29, 0.717) is 11.3 Å². The maximum atomic E-state index is 13.0. The number of para-hydroxylation sites is 1. The van der Waals surface area contributed by atoms with Gasteiger partial charge in [0.05, 0.1) is 17.8 Å². The molecule has 1 N–H and O–H groups in total. The summed E-state index contributed by atoms with van der Waals surface area (Å²) in [5.41, 5.74) is -0.470. The molecule has 0 aliphatic heterocycles. The maximum absolute atomic E-state index is 13.0. The SMILES string of the molecule is CCOC(=O)C(CC)(OC)C(=O)/C=C/c1nc2ccccc2cc1CNC(=O)OC(C)(C)C. The van der Waals surface area contributed by atoms with E-state index in [4.69, 9.17) is 14.2 Å². The number of aromatic nitrogens is 1. The van der Waals surface area contributed by atoms with Crippen LogP contribution in [0.3, 0.4) is 0 Å². The summed E-state index contributed by atoms with van der Waals surface area (Å²) in [6, 6.07) is 9.40. The van der Waals surface area contributed by atoms with Crippen LogP contribution in [0.1, 0.15) is 52.3 Å². The highest BCUT2D eigenvalue weighted by Crippen LogP contribution is 2.22. The first-order chi connectivity index (χ1) is 15.6. The number of nitrogens with one attached hydrogen (secondary N) is 1. The molecule has 1 unspecified atom stereocenters. The topological polar surface area (TPSA) is 104 Å². The first-order valence-corrected chi connectivity index (χ1v) is 10.9. The van der Waals surface area contributed by atoms with Crippen molar-refractivity contribution in [2.45, 2.75) is 58.8 Å². The first-order valence-electron chi connectivity index (χ1n) is 10.9. The molecule has 33 heavy (non-hydrogen) atoms. The number of rotatable bonds is 9. The second-order valence-corrected chi connectivity index (χ2v) is 8.38. The Labute approximate surface area is 194 Å². The first kappa shape index (κ1) is 26.0. The Morgan fingerprint density at radius 2 is 1.82 bits per heavy atom. The smallest absolute Gasteiger partial charge is 0.407 e. The van der Waals surface area contributed by atoms with Gasteiger partial charge in [-0.15, -0.1) is 0 Å². The van der Waals surface area contributed by atoms with Gasteiger partial charge in [-0.25, -0.2) is 14.6 Å². The molecule has 0 saturated heterocycles. The van der Waals surface area contributed by atoms with Gasteiger partial charge in [-0.3, -0.25) is 4.79 Å². The highest BCUT2D eigenvalue weighted by atomic mass is 16.6. The standard InChI is InChI=1S/C25H32N2O6/c1-7-25(31-6,22(29)32-8-2)21(28)14-13-20-18(16-26-23(30)33-24(3,4)5)15-17-11-9-10-12-19(17)27-20/h9-15H,7-8,16H2,1-6H3,(H,26,30)/b14-13+. The fourth-order valence-electron chi connectivity index (χ4n) is 3.23. The quantitative estimate of drug-likeness (QED) is 0.343. The predicted octanol–water partition coefficient (Wildman–Crippen LogP) is 4.20. The Balaban J connectivity index is 2.38. The summed E-state index contributed by atoms with van der Waals surface area (Å²) in [4.78, 5) is 42.2. The third-order valence-corrected chi connectivity index (χ3v) is 4.90. The molecule has 1 aromatic heterocycles. The van der Waals surface area contributed by atoms with Crippen molar-refractivity contribution in [3.05, 3.63) is 47.7 Å². The lowest BCUT2D eigenvalue weighted by atomic mass is 9.94. The van der Waals surface area contributed by atoms with Gasteiger partial charge in [0.25, 0.3) is 0 Å². The molecule has 0 aliphatic rings. The van der Waals surface area contributed by atoms with E-state index in [1.54, 1.807) is 34.6 Å². The second-order valence-electron chi connectivity index (χ2n) is 8.38. The van der Waals surface area contributed by atoms with Gasteiger partial charge in [-0.2, -0.15) is 0 Å². The number of hydrogen-bond donors (Lipinski definition) is 1. The lowest BCUT2D eigenvalue weighted by molar-refractivity contribution is -0.172. The van der Waals surface area contributed by atoms with Gasteiger partial charge in [-0.05, 0) is 64.0 Å². The molecule has 0 spiro atoms. The Morgan fingerprint density at radius 1 is 1.12 bits per heavy atom. The Hall–Kier alpha value is -3.26. The van der Waals surface area contributed by atoms with E-state index in [2.05, 4.69) is 10.3 Å². The van der Waals surface area contributed by atoms with E-state index in [0.717, 1.165) is 10.9 Å². The third-order valence-electron chi connectivity index (χ3n) is 4.90. The largest absolute Gasteiger partial charge is 0.463 e. The molecule has 1 amide bonds. The monoisotopic (exact) mass is 456 g/mol. The van der Waals surface area contributed by atoms with Crippen molar-refractivity contribution < 1.29 is 28.6 Å². The molecule has 0 bridgehead atoms. The van der Waals surface area contributed by atoms with Crippen molar-refractivity contribution in [3.8, 4) is 0 Å². The van der Waals surface area contributed by atoms with Gasteiger partial charge in [0, 0.05) is 19.0 Å². The maximum Gasteiger partial charge on any atom is 0.407 e. The number of carbonyl (C=O) groups is 3. The molecule has 0 aliphatic carbocycles. The van der Waals surface area contributed by atoms with Crippen LogP contribution in [0.5, 0.6) is 0 Å². The van der Waals surface area contributed by atoms with Crippen LogP contribution in [0.2, 0.25) is 0 Å². The summed E-state index contributed by atoms with van der Waals surface area (Å²) in [5.74, 6) is -1.28. The molecule has 178 valence electrons. The molecule has 1 atom stereocenters. The summed E-state index contributed by atoms with van der Waals surface area (Å²) in [7, 11) is 1.30. The van der Waals surface area contributed by atoms with Crippen LogP contribution in [0.25, 0.3) is 17.0 Å². The summed E-state index contributed by atoms with van der Waals surface area (Å²) in [5, 5.41) is 3.60. The number of alkyl carbamates (subject to hydrolysis) is 1. The molecule has 1 heterocycles. The fourth-order valence-corrected chi connectivity index (χ4v) is 3.23. The minimum absolute atomic E-state index is 0.115. The minimum atomic E-state index is -1.72. The zero-order valence-electron chi connectivity index (χ0n) is 20.1. The van der Waals surface area contributed by atoms with Crippen LogP contribution in [0.4, 0.5) is 4.79 Å².